The van der Waals surface area contributed by atoms with Crippen LogP contribution in [0.4, 0.5) is 23.3 Å². The van der Waals surface area contributed by atoms with Crippen LogP contribution < -0.4 is 41.3 Å². The molecule has 0 saturated heterocycles. The third-order valence-electron chi connectivity index (χ3n) is 21.7. The zero-order valence-electron chi connectivity index (χ0n) is 63.6. The molecule has 20 rings (SSSR count). The highest BCUT2D eigenvalue weighted by Crippen LogP contribution is 2.56. The number of hydrogen-bond donors (Lipinski definition) is 5. The molecule has 4 fully saturated rings. The van der Waals surface area contributed by atoms with Gasteiger partial charge in [-0.25, -0.2) is 43.5 Å². The number of fused-ring (bicyclic) bond motifs is 12. The maximum Gasteiger partial charge on any atom is 0.358 e. The molecule has 0 radical (unpaired) electrons. The molecule has 12 heterocycles. The molecule has 592 valence electrons. The number of benzene rings is 4. The van der Waals surface area contributed by atoms with Gasteiger partial charge in [-0.05, 0) is 71.6 Å². The van der Waals surface area contributed by atoms with Gasteiger partial charge in [0.2, 0.25) is 5.91 Å². The molecule has 6 N–H and O–H groups in total. The van der Waals surface area contributed by atoms with E-state index in [1.165, 1.54) is 30.5 Å². The number of nitrogens with one attached hydrogen (secondary N) is 3. The van der Waals surface area contributed by atoms with Gasteiger partial charge < -0.3 is 26.8 Å². The number of carboxylic acid groups (broad SMARTS) is 1. The monoisotopic (exact) mass is 1570 g/mol. The van der Waals surface area contributed by atoms with Crippen molar-refractivity contribution < 1.29 is 43.5 Å². The number of carbonyl (C=O) groups excluding carboxylic acids is 7. The predicted octanol–water partition coefficient (Wildman–Crippen LogP) is 3.89. The van der Waals surface area contributed by atoms with Crippen LogP contribution in [0.1, 0.15) is 136 Å². The smallest absolute Gasteiger partial charge is 0.358 e. The van der Waals surface area contributed by atoms with E-state index in [9.17, 15) is 38.4 Å². The second-order valence-corrected chi connectivity index (χ2v) is 29.5. The summed E-state index contributed by atoms with van der Waals surface area (Å²) in [6.07, 6.45) is 22.5. The van der Waals surface area contributed by atoms with Gasteiger partial charge >= 0.3 is 5.97 Å². The number of nitrogens with zero attached hydrogens (tertiary/aromatic N) is 24. The molecule has 8 aromatic heterocycles. The molecule has 4 saturated carbocycles. The van der Waals surface area contributed by atoms with Gasteiger partial charge in [-0.1, -0.05) is 142 Å². The lowest BCUT2D eigenvalue weighted by Gasteiger charge is -2.22. The second-order valence-electron chi connectivity index (χ2n) is 29.5. The van der Waals surface area contributed by atoms with E-state index in [4.69, 9.17) is 10.8 Å². The number of carboxylic acids is 1. The summed E-state index contributed by atoms with van der Waals surface area (Å²) in [4.78, 5) is 140. The molecule has 4 aromatic carbocycles. The lowest BCUT2D eigenvalue weighted by atomic mass is 10.1. The summed E-state index contributed by atoms with van der Waals surface area (Å²) in [6, 6.07) is 36.8. The van der Waals surface area contributed by atoms with Crippen LogP contribution >= 0.6 is 0 Å². The fourth-order valence-corrected chi connectivity index (χ4v) is 15.2. The topological polar surface area (TPSA) is 458 Å². The summed E-state index contributed by atoms with van der Waals surface area (Å²) in [5, 5.41) is 48.5. The Kier molecular flexibility index (Phi) is 21.5. The van der Waals surface area contributed by atoms with Crippen LogP contribution in [-0.4, -0.2) is 205 Å². The molecule has 37 nitrogen and oxygen atoms in total. The number of amides is 7. The van der Waals surface area contributed by atoms with E-state index < -0.39 is 47.9 Å². The number of hydrogen-bond acceptors (Lipinski definition) is 25. The summed E-state index contributed by atoms with van der Waals surface area (Å²) < 4.78 is 6.32. The average Bonchev–Trinajstić information content (AvgIpc) is 1.61. The first-order valence-electron chi connectivity index (χ1n) is 37.8. The Morgan fingerprint density at radius 2 is 0.590 bits per heavy atom. The number of aromatic carboxylic acids is 1. The number of likely N-dealkylation sites (N-methyl/N-ethyl adjacent to an activating group) is 4. The summed E-state index contributed by atoms with van der Waals surface area (Å²) in [5.74, 6) is 0.492. The summed E-state index contributed by atoms with van der Waals surface area (Å²) >= 11 is 0. The van der Waals surface area contributed by atoms with E-state index >= 15 is 0 Å². The Morgan fingerprint density at radius 1 is 0.350 bits per heavy atom. The van der Waals surface area contributed by atoms with Gasteiger partial charge in [-0.2, -0.15) is 0 Å². The zero-order valence-corrected chi connectivity index (χ0v) is 63.6. The zero-order chi connectivity index (χ0) is 81.1. The molecule has 8 aliphatic rings. The van der Waals surface area contributed by atoms with E-state index in [0.29, 0.717) is 55.4 Å². The number of nitrogens with two attached hydrogens (primary N) is 1. The first-order chi connectivity index (χ1) is 56.8. The number of anilines is 4. The van der Waals surface area contributed by atoms with Crippen LogP contribution in [0.25, 0.3) is 0 Å². The van der Waals surface area contributed by atoms with E-state index in [2.05, 4.69) is 97.1 Å². The lowest BCUT2D eigenvalue weighted by molar-refractivity contribution is -0.121. The Labute approximate surface area is 667 Å². The van der Waals surface area contributed by atoms with Crippen molar-refractivity contribution in [1.29, 1.82) is 0 Å². The van der Waals surface area contributed by atoms with Crippen molar-refractivity contribution in [1.82, 2.24) is 116 Å². The standard InChI is InChI=1S/3C20H19N7O2.C10H12N4O.C10H9N3O2/c3*1-26-18-16(21-7-8-22-18)13-9-14(13)17(20(26)29)23-19(28)15-11-27(25-24-15)10-12-5-3-2-4-6-12;1-14-9-8(12-2-3-13-9)6-4-5(6)7(11)10(14)15;14-10(15)9-7-13(12-11-9)6-8-4-2-1-3-5-8/h3*2-8,11,13-14,17H,9-10H2,1H3,(H,23,28);2-3,5-7H,4,11H2,1H3;1-5,7H,6H2,(H,14,15)/t13-,14?,17+;2*13-,14+,17+;5?,6-,7+;/m1101./s1. The highest BCUT2D eigenvalue weighted by molar-refractivity contribution is 6.05. The Morgan fingerprint density at radius 3 is 0.863 bits per heavy atom. The van der Waals surface area contributed by atoms with Gasteiger partial charge in [0, 0.05) is 101 Å². The van der Waals surface area contributed by atoms with Crippen molar-refractivity contribution in [3.05, 3.63) is 263 Å². The fraction of sp³-hybridized carbons (Fsp3) is 0.300. The minimum atomic E-state index is -1.06. The molecule has 12 atom stereocenters. The van der Waals surface area contributed by atoms with Crippen molar-refractivity contribution in [2.45, 2.75) is 99.7 Å². The second kappa shape index (κ2) is 32.9. The Balaban J connectivity index is 0.000000112. The fourth-order valence-electron chi connectivity index (χ4n) is 15.2. The number of aromatic nitrogens is 20. The largest absolute Gasteiger partial charge is 0.476 e. The first-order valence-corrected chi connectivity index (χ1v) is 37.8. The van der Waals surface area contributed by atoms with Crippen molar-refractivity contribution >= 4 is 70.6 Å². The lowest BCUT2D eigenvalue weighted by Crippen LogP contribution is -2.48. The molecule has 0 bridgehead atoms. The highest BCUT2D eigenvalue weighted by atomic mass is 16.4. The summed E-state index contributed by atoms with van der Waals surface area (Å²) in [7, 11) is 6.70. The molecule has 0 spiro atoms. The molecule has 117 heavy (non-hydrogen) atoms. The minimum Gasteiger partial charge on any atom is -0.476 e. The maximum absolute atomic E-state index is 13.0. The molecular formula is C80H78N28O9. The van der Waals surface area contributed by atoms with E-state index in [-0.39, 0.29) is 87.8 Å². The molecule has 4 aliphatic heterocycles. The number of carbonyl (C=O) groups is 8. The van der Waals surface area contributed by atoms with Crippen LogP contribution in [0.5, 0.6) is 0 Å². The van der Waals surface area contributed by atoms with Gasteiger partial charge in [0.05, 0.1) is 79.8 Å². The van der Waals surface area contributed by atoms with Crippen molar-refractivity contribution in [3.8, 4) is 0 Å². The van der Waals surface area contributed by atoms with Crippen molar-refractivity contribution in [3.63, 3.8) is 0 Å². The molecule has 7 amide bonds. The van der Waals surface area contributed by atoms with Gasteiger partial charge in [-0.3, -0.25) is 73.1 Å². The van der Waals surface area contributed by atoms with Crippen molar-refractivity contribution in [2.24, 2.45) is 29.4 Å². The molecular weight excluding hydrogens is 1500 g/mol. The highest BCUT2D eigenvalue weighted by Gasteiger charge is 2.57. The van der Waals surface area contributed by atoms with Crippen LogP contribution in [0.2, 0.25) is 0 Å². The van der Waals surface area contributed by atoms with Crippen LogP contribution in [0.3, 0.4) is 0 Å². The average molecular weight is 1580 g/mol. The van der Waals surface area contributed by atoms with Gasteiger partial charge in [0.1, 0.15) is 18.1 Å². The van der Waals surface area contributed by atoms with Gasteiger partial charge in [0.15, 0.2) is 46.0 Å². The SMILES string of the molecule is CN1C(=O)[C@@H](N)C2C[C@H]2c2nccnc21.CN1C(=O)[C@@H](NC(=O)c2cn(Cc3ccccc3)nn2)C2C[C@H]2c2nccnc21.CN1C(=O)[C@@H](NC(=O)c2cn(Cc3ccccc3)nn2)[C@H]2C[C@H]2c2nccnc21.CN1C(=O)[C@H](NC(=O)c2cn(Cc3ccccc3)nn2)[C@@H]2C[C@@H]2c2nccnc21.O=C(O)c1cn(Cc2ccccc2)nn1. The van der Waals surface area contributed by atoms with E-state index in [1.54, 1.807) is 110 Å². The molecule has 37 heteroatoms. The van der Waals surface area contributed by atoms with E-state index in [1.807, 2.05) is 121 Å². The molecule has 2 unspecified atom stereocenters. The van der Waals surface area contributed by atoms with Gasteiger partial charge in [0.25, 0.3) is 35.4 Å². The Hall–Kier alpha value is -14.5. The number of rotatable bonds is 15. The summed E-state index contributed by atoms with van der Waals surface area (Å²) in [5.41, 5.74) is 14.0. The van der Waals surface area contributed by atoms with Crippen LogP contribution in [-0.2, 0) is 45.4 Å². The summed E-state index contributed by atoms with van der Waals surface area (Å²) in [6.45, 7) is 2.08. The third-order valence-corrected chi connectivity index (χ3v) is 21.7. The first kappa shape index (κ1) is 76.5. The normalized spacial score (nSPS) is 22.2. The van der Waals surface area contributed by atoms with Gasteiger partial charge in [-0.15, -0.1) is 20.4 Å². The van der Waals surface area contributed by atoms with Crippen molar-refractivity contribution in [2.75, 3.05) is 47.8 Å². The van der Waals surface area contributed by atoms with Crippen LogP contribution in [0.15, 0.2) is 196 Å². The predicted molar refractivity (Wildman–Crippen MR) is 416 cm³/mol. The molecule has 12 aromatic rings. The van der Waals surface area contributed by atoms with E-state index in [0.717, 1.165) is 70.7 Å². The van der Waals surface area contributed by atoms with Crippen LogP contribution in [0, 0.1) is 23.7 Å². The maximum atomic E-state index is 13.0. The minimum absolute atomic E-state index is 0.0196. The molecule has 4 aliphatic carbocycles. The Bertz CT molecular complexity index is 5280. The third kappa shape index (κ3) is 16.7. The quantitative estimate of drug-likeness (QED) is 0.0971.